The highest BCUT2D eigenvalue weighted by Crippen LogP contribution is 2.30. The lowest BCUT2D eigenvalue weighted by molar-refractivity contribution is -0.140. The van der Waals surface area contributed by atoms with Gasteiger partial charge in [-0.25, -0.2) is 0 Å². The number of carbonyl (C=O) groups excluding carboxylic acids is 3. The van der Waals surface area contributed by atoms with Crippen molar-refractivity contribution >= 4 is 17.6 Å². The zero-order valence-electron chi connectivity index (χ0n) is 11.7. The summed E-state index contributed by atoms with van der Waals surface area (Å²) in [6.45, 7) is 0.794. The summed E-state index contributed by atoms with van der Waals surface area (Å²) in [6.07, 6.45) is 2.23. The molecule has 5 nitrogen and oxygen atoms in total. The fourth-order valence-electron chi connectivity index (χ4n) is 2.72. The van der Waals surface area contributed by atoms with Crippen LogP contribution < -0.4 is 10.6 Å². The molecule has 1 saturated heterocycles. The standard InChI is InChI=1S/C16H18N2O3/c19-14(16(21)17-8-10-6-7-10)12-9-18-15(20)13(12)11-4-2-1-3-5-11/h1-5,10,12-13H,6-9H2,(H,17,21)(H,18,20)/t12-,13+/m0/s1. The van der Waals surface area contributed by atoms with Crippen LogP contribution in [-0.4, -0.2) is 30.7 Å². The lowest BCUT2D eigenvalue weighted by Gasteiger charge is -2.15. The van der Waals surface area contributed by atoms with Crippen molar-refractivity contribution in [3.63, 3.8) is 0 Å². The Hall–Kier alpha value is -2.17. The molecule has 2 atom stereocenters. The van der Waals surface area contributed by atoms with Crippen LogP contribution in [0.1, 0.15) is 24.3 Å². The van der Waals surface area contributed by atoms with Gasteiger partial charge in [0.05, 0.1) is 11.8 Å². The Bertz CT molecular complexity index is 566. The molecule has 0 aromatic heterocycles. The van der Waals surface area contributed by atoms with E-state index < -0.39 is 23.5 Å². The fraction of sp³-hybridized carbons (Fsp3) is 0.438. The van der Waals surface area contributed by atoms with E-state index >= 15 is 0 Å². The van der Waals surface area contributed by atoms with E-state index in [1.807, 2.05) is 30.3 Å². The average molecular weight is 286 g/mol. The van der Waals surface area contributed by atoms with Gasteiger partial charge in [-0.05, 0) is 24.3 Å². The van der Waals surface area contributed by atoms with Gasteiger partial charge in [-0.1, -0.05) is 30.3 Å². The maximum atomic E-state index is 12.3. The lowest BCUT2D eigenvalue weighted by Crippen LogP contribution is -2.38. The summed E-state index contributed by atoms with van der Waals surface area (Å²) in [4.78, 5) is 36.2. The van der Waals surface area contributed by atoms with E-state index in [0.717, 1.165) is 18.4 Å². The third kappa shape index (κ3) is 2.96. The van der Waals surface area contributed by atoms with Gasteiger partial charge >= 0.3 is 0 Å². The minimum Gasteiger partial charge on any atom is -0.355 e. The molecule has 1 aliphatic heterocycles. The smallest absolute Gasteiger partial charge is 0.287 e. The van der Waals surface area contributed by atoms with Crippen LogP contribution in [0.4, 0.5) is 0 Å². The van der Waals surface area contributed by atoms with E-state index in [2.05, 4.69) is 10.6 Å². The average Bonchev–Trinajstić information content (AvgIpc) is 3.26. The molecule has 3 rings (SSSR count). The van der Waals surface area contributed by atoms with Crippen LogP contribution >= 0.6 is 0 Å². The Morgan fingerprint density at radius 1 is 1.19 bits per heavy atom. The third-order valence-corrected chi connectivity index (χ3v) is 4.15. The van der Waals surface area contributed by atoms with Gasteiger partial charge in [-0.3, -0.25) is 14.4 Å². The molecule has 1 heterocycles. The fourth-order valence-corrected chi connectivity index (χ4v) is 2.72. The van der Waals surface area contributed by atoms with Gasteiger partial charge in [0, 0.05) is 13.1 Å². The molecular formula is C16H18N2O3. The predicted octanol–water partition coefficient (Wildman–Crippen LogP) is 0.612. The van der Waals surface area contributed by atoms with Crippen molar-refractivity contribution in [3.05, 3.63) is 35.9 Å². The third-order valence-electron chi connectivity index (χ3n) is 4.15. The van der Waals surface area contributed by atoms with E-state index in [1.165, 1.54) is 0 Å². The maximum absolute atomic E-state index is 12.3. The summed E-state index contributed by atoms with van der Waals surface area (Å²) in [7, 11) is 0. The second-order valence-electron chi connectivity index (χ2n) is 5.76. The Labute approximate surface area is 123 Å². The van der Waals surface area contributed by atoms with Crippen LogP contribution in [0, 0.1) is 11.8 Å². The second kappa shape index (κ2) is 5.68. The molecule has 1 aromatic rings. The normalized spacial score (nSPS) is 24.5. The number of amides is 2. The summed E-state index contributed by atoms with van der Waals surface area (Å²) in [6, 6.07) is 9.15. The molecule has 0 bridgehead atoms. The molecule has 21 heavy (non-hydrogen) atoms. The highest BCUT2D eigenvalue weighted by molar-refractivity contribution is 6.38. The number of carbonyl (C=O) groups is 3. The van der Waals surface area contributed by atoms with Crippen molar-refractivity contribution in [3.8, 4) is 0 Å². The number of ketones is 1. The van der Waals surface area contributed by atoms with Gasteiger partial charge in [0.25, 0.3) is 5.91 Å². The zero-order valence-corrected chi connectivity index (χ0v) is 11.7. The Morgan fingerprint density at radius 3 is 2.57 bits per heavy atom. The summed E-state index contributed by atoms with van der Waals surface area (Å²) < 4.78 is 0. The molecule has 110 valence electrons. The monoisotopic (exact) mass is 286 g/mol. The second-order valence-corrected chi connectivity index (χ2v) is 5.76. The number of nitrogens with one attached hydrogen (secondary N) is 2. The molecule has 0 unspecified atom stereocenters. The molecule has 2 fully saturated rings. The first kappa shape index (κ1) is 13.8. The van der Waals surface area contributed by atoms with Crippen LogP contribution in [-0.2, 0) is 14.4 Å². The van der Waals surface area contributed by atoms with Gasteiger partial charge < -0.3 is 10.6 Å². The van der Waals surface area contributed by atoms with Gasteiger partial charge in [0.15, 0.2) is 0 Å². The molecule has 2 N–H and O–H groups in total. The Morgan fingerprint density at radius 2 is 1.90 bits per heavy atom. The molecule has 0 radical (unpaired) electrons. The first-order valence-electron chi connectivity index (χ1n) is 7.31. The molecule has 1 aromatic carbocycles. The predicted molar refractivity (Wildman–Crippen MR) is 76.4 cm³/mol. The lowest BCUT2D eigenvalue weighted by atomic mass is 9.85. The molecule has 1 saturated carbocycles. The Kier molecular flexibility index (Phi) is 3.73. The van der Waals surface area contributed by atoms with Crippen LogP contribution in [0.25, 0.3) is 0 Å². The summed E-state index contributed by atoms with van der Waals surface area (Å²) in [5, 5.41) is 5.37. The molecule has 5 heteroatoms. The van der Waals surface area contributed by atoms with E-state index in [9.17, 15) is 14.4 Å². The number of benzene rings is 1. The number of Topliss-reactive ketones (excluding diaryl/α,β-unsaturated/α-hetero) is 1. The molecular weight excluding hydrogens is 268 g/mol. The van der Waals surface area contributed by atoms with Crippen LogP contribution in [0.15, 0.2) is 30.3 Å². The quantitative estimate of drug-likeness (QED) is 0.779. The summed E-state index contributed by atoms with van der Waals surface area (Å²) >= 11 is 0. The first-order chi connectivity index (χ1) is 10.2. The van der Waals surface area contributed by atoms with Gasteiger partial charge in [0.2, 0.25) is 11.7 Å². The van der Waals surface area contributed by atoms with E-state index in [4.69, 9.17) is 0 Å². The van der Waals surface area contributed by atoms with Gasteiger partial charge in [0.1, 0.15) is 0 Å². The molecule has 2 aliphatic rings. The Balaban J connectivity index is 1.71. The summed E-state index contributed by atoms with van der Waals surface area (Å²) in [5.74, 6) is -1.90. The maximum Gasteiger partial charge on any atom is 0.287 e. The minimum atomic E-state index is -0.612. The topological polar surface area (TPSA) is 75.3 Å². The van der Waals surface area contributed by atoms with Gasteiger partial charge in [-0.15, -0.1) is 0 Å². The zero-order chi connectivity index (χ0) is 14.8. The number of hydrogen-bond acceptors (Lipinski definition) is 3. The van der Waals surface area contributed by atoms with Crippen molar-refractivity contribution in [2.75, 3.05) is 13.1 Å². The molecule has 2 amide bonds. The highest BCUT2D eigenvalue weighted by atomic mass is 16.2. The van der Waals surface area contributed by atoms with Crippen molar-refractivity contribution < 1.29 is 14.4 Å². The van der Waals surface area contributed by atoms with E-state index in [1.54, 1.807) is 0 Å². The largest absolute Gasteiger partial charge is 0.355 e. The number of rotatable bonds is 5. The summed E-state index contributed by atoms with van der Waals surface area (Å²) in [5.41, 5.74) is 0.779. The van der Waals surface area contributed by atoms with Crippen LogP contribution in [0.5, 0.6) is 0 Å². The molecule has 1 aliphatic carbocycles. The van der Waals surface area contributed by atoms with E-state index in [-0.39, 0.29) is 12.5 Å². The molecule has 0 spiro atoms. The van der Waals surface area contributed by atoms with Gasteiger partial charge in [-0.2, -0.15) is 0 Å². The SMILES string of the molecule is O=C(NCC1CC1)C(=O)[C@H]1CNC(=O)[C@@H]1c1ccccc1. The first-order valence-corrected chi connectivity index (χ1v) is 7.31. The van der Waals surface area contributed by atoms with Crippen molar-refractivity contribution in [1.82, 2.24) is 10.6 Å². The minimum absolute atomic E-state index is 0.186. The number of hydrogen-bond donors (Lipinski definition) is 2. The van der Waals surface area contributed by atoms with Crippen molar-refractivity contribution in [2.24, 2.45) is 11.8 Å². The van der Waals surface area contributed by atoms with Crippen LogP contribution in [0.3, 0.4) is 0 Å². The highest BCUT2D eigenvalue weighted by Gasteiger charge is 2.42. The van der Waals surface area contributed by atoms with Crippen LogP contribution in [0.2, 0.25) is 0 Å². The van der Waals surface area contributed by atoms with E-state index in [0.29, 0.717) is 12.5 Å². The van der Waals surface area contributed by atoms with Crippen molar-refractivity contribution in [1.29, 1.82) is 0 Å². The van der Waals surface area contributed by atoms with Crippen molar-refractivity contribution in [2.45, 2.75) is 18.8 Å².